The van der Waals surface area contributed by atoms with Gasteiger partial charge in [0.25, 0.3) is 0 Å². The molecule has 0 aromatic heterocycles. The van der Waals surface area contributed by atoms with Crippen molar-refractivity contribution >= 4 is 58.3 Å². The topological polar surface area (TPSA) is 84.0 Å². The molecular formula is C26H22Cl2N2O5. The Bertz CT molecular complexity index is 1230. The Morgan fingerprint density at radius 3 is 2.23 bits per heavy atom. The number of fused-ring (bicyclic) bond motifs is 5. The van der Waals surface area contributed by atoms with Gasteiger partial charge in [0.15, 0.2) is 0 Å². The average Bonchev–Trinajstić information content (AvgIpc) is 3.60. The van der Waals surface area contributed by atoms with Crippen LogP contribution in [0.2, 0.25) is 10.0 Å². The molecule has 0 unspecified atom stereocenters. The number of hydrogen-bond donors (Lipinski definition) is 0. The summed E-state index contributed by atoms with van der Waals surface area (Å²) < 4.78 is 5.51. The van der Waals surface area contributed by atoms with Crippen LogP contribution in [0.25, 0.3) is 0 Å². The van der Waals surface area contributed by atoms with Crippen LogP contribution in [0.5, 0.6) is 5.75 Å². The van der Waals surface area contributed by atoms with Crippen molar-refractivity contribution in [2.75, 3.05) is 16.3 Å². The van der Waals surface area contributed by atoms with E-state index in [9.17, 15) is 19.2 Å². The lowest BCUT2D eigenvalue weighted by Crippen LogP contribution is -2.32. The van der Waals surface area contributed by atoms with Crippen molar-refractivity contribution in [1.29, 1.82) is 0 Å². The highest BCUT2D eigenvalue weighted by atomic mass is 35.5. The molecule has 2 bridgehead atoms. The zero-order chi connectivity index (χ0) is 24.4. The van der Waals surface area contributed by atoms with E-state index in [4.69, 9.17) is 27.9 Å². The minimum absolute atomic E-state index is 0.00164. The van der Waals surface area contributed by atoms with E-state index in [1.807, 2.05) is 0 Å². The maximum atomic E-state index is 13.0. The molecule has 7 nitrogen and oxygen atoms in total. The average molecular weight is 513 g/mol. The summed E-state index contributed by atoms with van der Waals surface area (Å²) in [6.07, 6.45) is 3.04. The van der Waals surface area contributed by atoms with Gasteiger partial charge in [0, 0.05) is 18.0 Å². The Kier molecular flexibility index (Phi) is 5.38. The Balaban J connectivity index is 1.13. The van der Waals surface area contributed by atoms with Gasteiger partial charge < -0.3 is 9.64 Å². The first kappa shape index (κ1) is 22.6. The van der Waals surface area contributed by atoms with Crippen LogP contribution in [0, 0.1) is 29.6 Å². The predicted molar refractivity (Wildman–Crippen MR) is 129 cm³/mol. The van der Waals surface area contributed by atoms with Crippen LogP contribution in [0.15, 0.2) is 42.5 Å². The second kappa shape index (κ2) is 8.35. The van der Waals surface area contributed by atoms with Gasteiger partial charge in [-0.05, 0) is 73.6 Å². The molecule has 180 valence electrons. The number of ether oxygens (including phenoxy) is 1. The van der Waals surface area contributed by atoms with E-state index >= 15 is 0 Å². The number of nitrogens with zero attached hydrogens (tertiary/aromatic N) is 2. The van der Waals surface area contributed by atoms with Crippen LogP contribution in [-0.2, 0) is 19.2 Å². The molecule has 2 saturated carbocycles. The summed E-state index contributed by atoms with van der Waals surface area (Å²) in [5.41, 5.74) is 0.952. The van der Waals surface area contributed by atoms with Gasteiger partial charge in [0.05, 0.1) is 34.2 Å². The quantitative estimate of drug-likeness (QED) is 0.342. The first-order valence-electron chi connectivity index (χ1n) is 11.8. The van der Waals surface area contributed by atoms with E-state index in [0.29, 0.717) is 33.3 Å². The van der Waals surface area contributed by atoms with E-state index in [2.05, 4.69) is 0 Å². The second-order valence-corrected chi connectivity index (χ2v) is 10.7. The summed E-state index contributed by atoms with van der Waals surface area (Å²) in [5, 5.41) is 0.810. The molecule has 0 spiro atoms. The zero-order valence-electron chi connectivity index (χ0n) is 18.7. The highest BCUT2D eigenvalue weighted by Gasteiger charge is 2.61. The molecule has 5 atom stereocenters. The smallest absolute Gasteiger partial charge is 0.316 e. The fraction of sp³-hybridized carbons (Fsp3) is 0.385. The molecule has 6 rings (SSSR count). The van der Waals surface area contributed by atoms with Crippen LogP contribution in [0.4, 0.5) is 11.4 Å². The molecule has 0 N–H and O–H groups in total. The van der Waals surface area contributed by atoms with Crippen molar-refractivity contribution in [3.8, 4) is 5.75 Å². The summed E-state index contributed by atoms with van der Waals surface area (Å²) in [6.45, 7) is 0.137. The molecule has 2 aliphatic carbocycles. The van der Waals surface area contributed by atoms with Crippen LogP contribution >= 0.6 is 23.2 Å². The first-order valence-corrected chi connectivity index (χ1v) is 12.5. The third-order valence-corrected chi connectivity index (χ3v) is 8.45. The van der Waals surface area contributed by atoms with Crippen LogP contribution in [0.1, 0.15) is 25.7 Å². The highest BCUT2D eigenvalue weighted by molar-refractivity contribution is 6.36. The van der Waals surface area contributed by atoms with E-state index in [-0.39, 0.29) is 48.3 Å². The van der Waals surface area contributed by atoms with Crippen LogP contribution < -0.4 is 14.5 Å². The number of esters is 1. The predicted octanol–water partition coefficient (Wildman–Crippen LogP) is 4.49. The van der Waals surface area contributed by atoms with E-state index in [1.165, 1.54) is 9.80 Å². The second-order valence-electron chi connectivity index (χ2n) is 9.81. The van der Waals surface area contributed by atoms with Gasteiger partial charge in [-0.25, -0.2) is 0 Å². The fourth-order valence-corrected chi connectivity index (χ4v) is 6.70. The fourth-order valence-electron chi connectivity index (χ4n) is 6.32. The van der Waals surface area contributed by atoms with Crippen LogP contribution in [-0.4, -0.2) is 30.2 Å². The van der Waals surface area contributed by atoms with Crippen molar-refractivity contribution in [3.05, 3.63) is 52.5 Å². The monoisotopic (exact) mass is 512 g/mol. The van der Waals surface area contributed by atoms with E-state index < -0.39 is 11.9 Å². The van der Waals surface area contributed by atoms with Gasteiger partial charge in [-0.15, -0.1) is 0 Å². The van der Waals surface area contributed by atoms with Crippen molar-refractivity contribution in [2.24, 2.45) is 29.6 Å². The van der Waals surface area contributed by atoms with Crippen molar-refractivity contribution in [3.63, 3.8) is 0 Å². The molecule has 35 heavy (non-hydrogen) atoms. The normalized spacial score (nSPS) is 29.3. The Labute approximate surface area is 211 Å². The number of carbonyl (C=O) groups excluding carboxylic acids is 4. The number of hydrogen-bond acceptors (Lipinski definition) is 5. The zero-order valence-corrected chi connectivity index (χ0v) is 20.2. The Morgan fingerprint density at radius 1 is 0.914 bits per heavy atom. The van der Waals surface area contributed by atoms with Gasteiger partial charge in [-0.1, -0.05) is 23.2 Å². The van der Waals surface area contributed by atoms with Crippen molar-refractivity contribution in [2.45, 2.75) is 25.7 Å². The standard InChI is InChI=1S/C26H22Cl2N2O5/c27-16-3-8-19(28)20(11-16)29-12-15(10-21(29)31)26(34)35-18-6-4-17(5-7-18)30-24(32)22-13-1-2-14(9-13)23(22)25(30)33/h3-8,11,13-15,22-23H,1-2,9-10,12H2/t13-,14-,15-,22+,23+/m0/s1. The molecule has 2 aromatic rings. The molecule has 4 fully saturated rings. The van der Waals surface area contributed by atoms with Gasteiger partial charge in [0.1, 0.15) is 5.75 Å². The largest absolute Gasteiger partial charge is 0.426 e. The number of imide groups is 1. The lowest BCUT2D eigenvalue weighted by molar-refractivity contribution is -0.139. The lowest BCUT2D eigenvalue weighted by Gasteiger charge is -2.19. The lowest BCUT2D eigenvalue weighted by atomic mass is 9.81. The maximum absolute atomic E-state index is 13.0. The molecule has 2 heterocycles. The SMILES string of the molecule is O=C(Oc1ccc(N2C(=O)[C@@H]3[C@H]4CC[C@@H](C4)[C@H]3C2=O)cc1)[C@H]1CC(=O)N(c2cc(Cl)ccc2Cl)C1. The Hall–Kier alpha value is -2.90. The molecule has 3 amide bonds. The molecule has 2 saturated heterocycles. The number of benzene rings is 2. The first-order chi connectivity index (χ1) is 16.8. The summed E-state index contributed by atoms with van der Waals surface area (Å²) in [7, 11) is 0. The number of amides is 3. The number of anilines is 2. The van der Waals surface area contributed by atoms with E-state index in [1.54, 1.807) is 42.5 Å². The molecule has 2 aliphatic heterocycles. The molecule has 9 heteroatoms. The third kappa shape index (κ3) is 3.64. The molecule has 0 radical (unpaired) electrons. The summed E-state index contributed by atoms with van der Waals surface area (Å²) >= 11 is 12.3. The van der Waals surface area contributed by atoms with Gasteiger partial charge in [0.2, 0.25) is 17.7 Å². The number of halogens is 2. The molecule has 4 aliphatic rings. The van der Waals surface area contributed by atoms with Crippen LogP contribution in [0.3, 0.4) is 0 Å². The number of carbonyl (C=O) groups is 4. The number of rotatable bonds is 4. The minimum Gasteiger partial charge on any atom is -0.426 e. The van der Waals surface area contributed by atoms with Gasteiger partial charge in [-0.3, -0.25) is 24.1 Å². The maximum Gasteiger partial charge on any atom is 0.316 e. The van der Waals surface area contributed by atoms with Gasteiger partial charge in [-0.2, -0.15) is 0 Å². The third-order valence-electron chi connectivity index (χ3n) is 7.90. The molecule has 2 aromatic carbocycles. The van der Waals surface area contributed by atoms with Crippen molar-refractivity contribution < 1.29 is 23.9 Å². The highest BCUT2D eigenvalue weighted by Crippen LogP contribution is 2.56. The summed E-state index contributed by atoms with van der Waals surface area (Å²) in [6, 6.07) is 11.2. The summed E-state index contributed by atoms with van der Waals surface area (Å²) in [4.78, 5) is 54.1. The molecular weight excluding hydrogens is 491 g/mol. The minimum atomic E-state index is -0.659. The van der Waals surface area contributed by atoms with Crippen molar-refractivity contribution in [1.82, 2.24) is 0 Å². The Morgan fingerprint density at radius 2 is 1.57 bits per heavy atom. The van der Waals surface area contributed by atoms with Gasteiger partial charge >= 0.3 is 5.97 Å². The van der Waals surface area contributed by atoms with E-state index in [0.717, 1.165) is 19.3 Å². The summed E-state index contributed by atoms with van der Waals surface area (Å²) in [5.74, 6) is -1.10.